The third kappa shape index (κ3) is 3.09. The van der Waals surface area contributed by atoms with Crippen molar-refractivity contribution in [2.24, 2.45) is 5.10 Å². The predicted octanol–water partition coefficient (Wildman–Crippen LogP) is 4.67. The van der Waals surface area contributed by atoms with Gasteiger partial charge in [-0.2, -0.15) is 5.10 Å². The first kappa shape index (κ1) is 18.3. The van der Waals surface area contributed by atoms with Crippen LogP contribution in [-0.2, 0) is 10.5 Å². The number of benzene rings is 3. The number of hydrogen-bond acceptors (Lipinski definition) is 3. The summed E-state index contributed by atoms with van der Waals surface area (Å²) in [6.45, 7) is 2.48. The molecule has 1 heterocycles. The topological polar surface area (TPSA) is 36.9 Å². The first-order valence-corrected chi connectivity index (χ1v) is 9.66. The summed E-state index contributed by atoms with van der Waals surface area (Å²) in [5.41, 5.74) is 5.67. The van der Waals surface area contributed by atoms with Crippen molar-refractivity contribution in [2.75, 3.05) is 11.5 Å². The molecule has 1 unspecified atom stereocenters. The Morgan fingerprint density at radius 3 is 2.07 bits per heavy atom. The first-order chi connectivity index (χ1) is 13.8. The van der Waals surface area contributed by atoms with E-state index in [2.05, 4.69) is 22.7 Å². The fourth-order valence-electron chi connectivity index (χ4n) is 3.57. The zero-order valence-electron chi connectivity index (χ0n) is 15.6. The van der Waals surface area contributed by atoms with E-state index in [1.54, 1.807) is 0 Å². The lowest BCUT2D eigenvalue weighted by Crippen LogP contribution is -2.62. The molecule has 1 atom stereocenters. The number of hydrogen-bond donors (Lipinski definition) is 1. The highest BCUT2D eigenvalue weighted by Gasteiger charge is 2.49. The minimum absolute atomic E-state index is 0.489. The van der Waals surface area contributed by atoms with Gasteiger partial charge in [0.15, 0.2) is 5.11 Å². The maximum Gasteiger partial charge on any atom is 0.219 e. The monoisotopic (exact) mass is 387 g/mol. The summed E-state index contributed by atoms with van der Waals surface area (Å²) in [4.78, 5) is 2.01. The van der Waals surface area contributed by atoms with Crippen molar-refractivity contribution in [3.8, 4) is 0 Å². The first-order valence-electron chi connectivity index (χ1n) is 9.25. The Hall–Kier alpha value is -3.02. The molecule has 0 saturated heterocycles. The largest absolute Gasteiger partial charge is 0.346 e. The number of anilines is 1. The SMILES string of the molecule is CCOC1(c2ccccc2)C(c2ccccc2)=NNC(=S)N1c1ccccc1. The van der Waals surface area contributed by atoms with Crippen molar-refractivity contribution in [3.63, 3.8) is 0 Å². The van der Waals surface area contributed by atoms with Gasteiger partial charge in [0.25, 0.3) is 0 Å². The molecule has 1 N–H and O–H groups in total. The average molecular weight is 388 g/mol. The van der Waals surface area contributed by atoms with Gasteiger partial charge in [-0.3, -0.25) is 10.3 Å². The number of nitrogens with one attached hydrogen (secondary N) is 1. The standard InChI is InChI=1S/C23H21N3OS/c1-2-27-23(19-14-8-4-9-15-19)21(18-12-6-3-7-13-18)24-25-22(28)26(23)20-16-10-5-11-17-20/h3-17H,2H2,1H3,(H,25,28). The fourth-order valence-corrected chi connectivity index (χ4v) is 3.85. The molecule has 5 heteroatoms. The van der Waals surface area contributed by atoms with Gasteiger partial charge < -0.3 is 4.74 Å². The molecule has 0 aliphatic carbocycles. The summed E-state index contributed by atoms with van der Waals surface area (Å²) >= 11 is 5.70. The Bertz CT molecular complexity index is 977. The summed E-state index contributed by atoms with van der Waals surface area (Å²) in [6.07, 6.45) is 0. The summed E-state index contributed by atoms with van der Waals surface area (Å²) in [6, 6.07) is 30.2. The molecule has 0 aromatic heterocycles. The maximum atomic E-state index is 6.53. The van der Waals surface area contributed by atoms with Crippen molar-refractivity contribution < 1.29 is 4.74 Å². The molecular weight excluding hydrogens is 366 g/mol. The van der Waals surface area contributed by atoms with Crippen LogP contribution in [-0.4, -0.2) is 17.4 Å². The van der Waals surface area contributed by atoms with Gasteiger partial charge in [0.05, 0.1) is 0 Å². The number of para-hydroxylation sites is 1. The minimum Gasteiger partial charge on any atom is -0.346 e. The molecule has 28 heavy (non-hydrogen) atoms. The second kappa shape index (κ2) is 7.92. The second-order valence-electron chi connectivity index (χ2n) is 6.36. The van der Waals surface area contributed by atoms with Crippen LogP contribution in [0.15, 0.2) is 96.1 Å². The molecule has 0 bridgehead atoms. The Balaban J connectivity index is 2.02. The van der Waals surface area contributed by atoms with E-state index in [1.807, 2.05) is 90.7 Å². The number of hydrazone groups is 1. The van der Waals surface area contributed by atoms with Crippen molar-refractivity contribution in [3.05, 3.63) is 102 Å². The highest BCUT2D eigenvalue weighted by atomic mass is 32.1. The maximum absolute atomic E-state index is 6.53. The third-order valence-electron chi connectivity index (χ3n) is 4.68. The molecule has 3 aromatic rings. The lowest BCUT2D eigenvalue weighted by Gasteiger charge is -2.47. The third-order valence-corrected chi connectivity index (χ3v) is 4.96. The Morgan fingerprint density at radius 2 is 1.46 bits per heavy atom. The fraction of sp³-hybridized carbons (Fsp3) is 0.130. The van der Waals surface area contributed by atoms with Gasteiger partial charge in [-0.25, -0.2) is 0 Å². The van der Waals surface area contributed by atoms with Crippen LogP contribution < -0.4 is 10.3 Å². The van der Waals surface area contributed by atoms with Crippen molar-refractivity contribution >= 4 is 28.7 Å². The highest BCUT2D eigenvalue weighted by molar-refractivity contribution is 7.80. The lowest BCUT2D eigenvalue weighted by molar-refractivity contribution is 0.0176. The summed E-state index contributed by atoms with van der Waals surface area (Å²) < 4.78 is 6.53. The van der Waals surface area contributed by atoms with Gasteiger partial charge in [-0.05, 0) is 31.3 Å². The molecule has 0 spiro atoms. The number of rotatable bonds is 5. The highest BCUT2D eigenvalue weighted by Crippen LogP contribution is 2.39. The van der Waals surface area contributed by atoms with E-state index in [-0.39, 0.29) is 0 Å². The Labute approximate surface area is 170 Å². The molecule has 4 nitrogen and oxygen atoms in total. The van der Waals surface area contributed by atoms with Gasteiger partial charge in [0.2, 0.25) is 5.72 Å². The molecule has 1 aliphatic rings. The van der Waals surface area contributed by atoms with Gasteiger partial charge >= 0.3 is 0 Å². The average Bonchev–Trinajstić information content (AvgIpc) is 2.76. The summed E-state index contributed by atoms with van der Waals surface area (Å²) in [7, 11) is 0. The predicted molar refractivity (Wildman–Crippen MR) is 117 cm³/mol. The van der Waals surface area contributed by atoms with E-state index in [0.29, 0.717) is 11.7 Å². The number of thiocarbonyl (C=S) groups is 1. The van der Waals surface area contributed by atoms with Crippen LogP contribution in [0, 0.1) is 0 Å². The van der Waals surface area contributed by atoms with Crippen LogP contribution in [0.4, 0.5) is 5.69 Å². The lowest BCUT2D eigenvalue weighted by atomic mass is 9.89. The van der Waals surface area contributed by atoms with Crippen LogP contribution in [0.25, 0.3) is 0 Å². The molecule has 0 radical (unpaired) electrons. The normalized spacial score (nSPS) is 19.1. The van der Waals surface area contributed by atoms with Gasteiger partial charge in [-0.1, -0.05) is 78.9 Å². The zero-order valence-corrected chi connectivity index (χ0v) is 16.4. The van der Waals surface area contributed by atoms with Crippen molar-refractivity contribution in [1.29, 1.82) is 0 Å². The molecule has 4 rings (SSSR count). The Kier molecular flexibility index (Phi) is 5.19. The van der Waals surface area contributed by atoms with Crippen LogP contribution in [0.3, 0.4) is 0 Å². The molecule has 1 aliphatic heterocycles. The van der Waals surface area contributed by atoms with E-state index in [4.69, 9.17) is 17.0 Å². The minimum atomic E-state index is -0.985. The number of ether oxygens (including phenoxy) is 1. The van der Waals surface area contributed by atoms with E-state index in [0.717, 1.165) is 22.5 Å². The molecule has 0 fully saturated rings. The van der Waals surface area contributed by atoms with Crippen molar-refractivity contribution in [2.45, 2.75) is 12.6 Å². The van der Waals surface area contributed by atoms with Crippen LogP contribution in [0.5, 0.6) is 0 Å². The van der Waals surface area contributed by atoms with E-state index in [1.165, 1.54) is 0 Å². The number of nitrogens with zero attached hydrogens (tertiary/aromatic N) is 2. The molecule has 0 amide bonds. The van der Waals surface area contributed by atoms with Crippen molar-refractivity contribution in [1.82, 2.24) is 5.43 Å². The van der Waals surface area contributed by atoms with Crippen LogP contribution >= 0.6 is 12.2 Å². The zero-order chi connectivity index (χ0) is 19.4. The second-order valence-corrected chi connectivity index (χ2v) is 6.74. The Morgan fingerprint density at radius 1 is 0.893 bits per heavy atom. The van der Waals surface area contributed by atoms with Crippen LogP contribution in [0.1, 0.15) is 18.1 Å². The molecule has 0 saturated carbocycles. The smallest absolute Gasteiger partial charge is 0.219 e. The van der Waals surface area contributed by atoms with E-state index < -0.39 is 5.72 Å². The van der Waals surface area contributed by atoms with E-state index >= 15 is 0 Å². The quantitative estimate of drug-likeness (QED) is 0.645. The molecular formula is C23H21N3OS. The summed E-state index contributed by atoms with van der Waals surface area (Å²) in [5.74, 6) is 0. The van der Waals surface area contributed by atoms with Crippen LogP contribution in [0.2, 0.25) is 0 Å². The van der Waals surface area contributed by atoms with E-state index in [9.17, 15) is 0 Å². The van der Waals surface area contributed by atoms with Gasteiger partial charge in [0.1, 0.15) is 5.71 Å². The molecule has 3 aromatic carbocycles. The molecule has 140 valence electrons. The summed E-state index contributed by atoms with van der Waals surface area (Å²) in [5, 5.41) is 5.15. The van der Waals surface area contributed by atoms with Gasteiger partial charge in [-0.15, -0.1) is 0 Å². The van der Waals surface area contributed by atoms with Gasteiger partial charge in [0, 0.05) is 23.4 Å².